The van der Waals surface area contributed by atoms with Crippen molar-refractivity contribution in [3.63, 3.8) is 0 Å². The number of rotatable bonds is 6. The van der Waals surface area contributed by atoms with Crippen LogP contribution in [0.2, 0.25) is 5.02 Å². The van der Waals surface area contributed by atoms with Gasteiger partial charge >= 0.3 is 5.97 Å². The molecule has 26 heavy (non-hydrogen) atoms. The van der Waals surface area contributed by atoms with Crippen molar-refractivity contribution < 1.29 is 28.9 Å². The Kier molecular flexibility index (Phi) is 5.14. The van der Waals surface area contributed by atoms with Crippen LogP contribution < -0.4 is 14.2 Å². The van der Waals surface area contributed by atoms with E-state index in [1.807, 2.05) is 0 Å². The number of aliphatic carboxylic acids is 1. The number of hydrogen-bond acceptors (Lipinski definition) is 5. The quantitative estimate of drug-likeness (QED) is 0.614. The molecular weight excluding hydrogens is 360 g/mol. The van der Waals surface area contributed by atoms with E-state index in [4.69, 9.17) is 30.9 Å². The Morgan fingerprint density at radius 1 is 1.27 bits per heavy atom. The van der Waals surface area contributed by atoms with Crippen molar-refractivity contribution in [2.24, 2.45) is 0 Å². The average Bonchev–Trinajstić information content (AvgIpc) is 3.08. The molecule has 1 aliphatic heterocycles. The summed E-state index contributed by atoms with van der Waals surface area (Å²) in [4.78, 5) is 23.4. The first kappa shape index (κ1) is 17.8. The summed E-state index contributed by atoms with van der Waals surface area (Å²) >= 11 is 6.12. The van der Waals surface area contributed by atoms with Gasteiger partial charge in [0.1, 0.15) is 5.75 Å². The van der Waals surface area contributed by atoms with Crippen LogP contribution in [0.25, 0.3) is 6.08 Å². The van der Waals surface area contributed by atoms with Crippen LogP contribution >= 0.6 is 11.6 Å². The van der Waals surface area contributed by atoms with Crippen LogP contribution in [0.15, 0.2) is 36.4 Å². The normalized spacial score (nSPS) is 12.4. The van der Waals surface area contributed by atoms with Crippen molar-refractivity contribution in [3.8, 4) is 17.2 Å². The molecule has 2 aromatic rings. The standard InChI is InChI=1S/C19H15ClO6/c1-24-16-5-3-12(8-13(16)9-18(22)23)15(21)4-2-11-6-14(20)19-17(7-11)25-10-26-19/h2-8H,9-10H2,1H3,(H,22,23)/b4-2+. The molecule has 0 fully saturated rings. The zero-order valence-electron chi connectivity index (χ0n) is 13.8. The molecule has 0 saturated carbocycles. The van der Waals surface area contributed by atoms with Crippen molar-refractivity contribution in [1.82, 2.24) is 0 Å². The number of methoxy groups -OCH3 is 1. The molecule has 6 nitrogen and oxygen atoms in total. The molecule has 134 valence electrons. The second kappa shape index (κ2) is 7.49. The number of benzene rings is 2. The summed E-state index contributed by atoms with van der Waals surface area (Å²) in [5.41, 5.74) is 1.49. The van der Waals surface area contributed by atoms with Gasteiger partial charge < -0.3 is 19.3 Å². The minimum Gasteiger partial charge on any atom is -0.496 e. The summed E-state index contributed by atoms with van der Waals surface area (Å²) in [6.07, 6.45) is 2.77. The van der Waals surface area contributed by atoms with Gasteiger partial charge in [0, 0.05) is 11.1 Å². The number of carbonyl (C=O) groups excluding carboxylic acids is 1. The lowest BCUT2D eigenvalue weighted by atomic mass is 10.0. The molecule has 3 rings (SSSR count). The number of carbonyl (C=O) groups is 2. The molecule has 1 heterocycles. The minimum atomic E-state index is -1.00. The monoisotopic (exact) mass is 374 g/mol. The Morgan fingerprint density at radius 3 is 2.81 bits per heavy atom. The van der Waals surface area contributed by atoms with Crippen LogP contribution in [0.5, 0.6) is 17.2 Å². The van der Waals surface area contributed by atoms with E-state index in [-0.39, 0.29) is 19.0 Å². The third-order valence-corrected chi connectivity index (χ3v) is 4.06. The summed E-state index contributed by atoms with van der Waals surface area (Å²) < 4.78 is 15.7. The first-order valence-electron chi connectivity index (χ1n) is 7.68. The van der Waals surface area contributed by atoms with Gasteiger partial charge in [-0.05, 0) is 42.0 Å². The topological polar surface area (TPSA) is 82.1 Å². The maximum atomic E-state index is 12.4. The van der Waals surface area contributed by atoms with Gasteiger partial charge in [-0.15, -0.1) is 0 Å². The number of halogens is 1. The SMILES string of the molecule is COc1ccc(C(=O)/C=C/c2cc(Cl)c3c(c2)OCO3)cc1CC(=O)O. The third kappa shape index (κ3) is 3.81. The number of carboxylic acids is 1. The average molecular weight is 375 g/mol. The highest BCUT2D eigenvalue weighted by Gasteiger charge is 2.17. The van der Waals surface area contributed by atoms with E-state index in [9.17, 15) is 9.59 Å². The Bertz CT molecular complexity index is 903. The maximum absolute atomic E-state index is 12.4. The second-order valence-electron chi connectivity index (χ2n) is 5.53. The van der Waals surface area contributed by atoms with Gasteiger partial charge in [0.15, 0.2) is 17.3 Å². The highest BCUT2D eigenvalue weighted by molar-refractivity contribution is 6.32. The summed E-state index contributed by atoms with van der Waals surface area (Å²) in [7, 11) is 1.45. The zero-order chi connectivity index (χ0) is 18.7. The van der Waals surface area contributed by atoms with Crippen LogP contribution in [0.4, 0.5) is 0 Å². The fourth-order valence-electron chi connectivity index (χ4n) is 2.58. The van der Waals surface area contributed by atoms with Gasteiger partial charge in [0.25, 0.3) is 0 Å². The van der Waals surface area contributed by atoms with Crippen LogP contribution in [0.3, 0.4) is 0 Å². The Balaban J connectivity index is 1.83. The highest BCUT2D eigenvalue weighted by atomic mass is 35.5. The van der Waals surface area contributed by atoms with E-state index < -0.39 is 5.97 Å². The highest BCUT2D eigenvalue weighted by Crippen LogP contribution is 2.40. The first-order valence-corrected chi connectivity index (χ1v) is 8.06. The van der Waals surface area contributed by atoms with E-state index in [2.05, 4.69) is 0 Å². The number of hydrogen-bond donors (Lipinski definition) is 1. The molecule has 1 N–H and O–H groups in total. The maximum Gasteiger partial charge on any atom is 0.307 e. The molecule has 0 saturated heterocycles. The van der Waals surface area contributed by atoms with Gasteiger partial charge in [-0.25, -0.2) is 0 Å². The lowest BCUT2D eigenvalue weighted by molar-refractivity contribution is -0.136. The molecule has 0 unspecified atom stereocenters. The smallest absolute Gasteiger partial charge is 0.307 e. The van der Waals surface area contributed by atoms with Crippen LogP contribution in [0, 0.1) is 0 Å². The van der Waals surface area contributed by atoms with Crippen molar-refractivity contribution >= 4 is 29.4 Å². The molecule has 2 aromatic carbocycles. The Labute approximate surface area is 154 Å². The van der Waals surface area contributed by atoms with Crippen LogP contribution in [0.1, 0.15) is 21.5 Å². The number of carboxylic acid groups (broad SMARTS) is 1. The molecule has 0 aromatic heterocycles. The molecule has 1 aliphatic rings. The largest absolute Gasteiger partial charge is 0.496 e. The summed E-state index contributed by atoms with van der Waals surface area (Å²) in [5.74, 6) is 0.170. The van der Waals surface area contributed by atoms with Crippen molar-refractivity contribution in [2.45, 2.75) is 6.42 Å². The molecular formula is C19H15ClO6. The van der Waals surface area contributed by atoms with E-state index in [1.165, 1.54) is 19.3 Å². The van der Waals surface area contributed by atoms with E-state index in [0.29, 0.717) is 39.0 Å². The van der Waals surface area contributed by atoms with E-state index >= 15 is 0 Å². The first-order chi connectivity index (χ1) is 12.5. The number of fused-ring (bicyclic) bond motifs is 1. The lowest BCUT2D eigenvalue weighted by Gasteiger charge is -2.08. The predicted molar refractivity (Wildman–Crippen MR) is 95.3 cm³/mol. The fraction of sp³-hybridized carbons (Fsp3) is 0.158. The Hall–Kier alpha value is -2.99. The molecule has 7 heteroatoms. The predicted octanol–water partition coefficient (Wildman–Crippen LogP) is 3.60. The number of ether oxygens (including phenoxy) is 3. The van der Waals surface area contributed by atoms with Crippen molar-refractivity contribution in [3.05, 3.63) is 58.1 Å². The second-order valence-corrected chi connectivity index (χ2v) is 5.94. The van der Waals surface area contributed by atoms with Gasteiger partial charge in [0.2, 0.25) is 6.79 Å². The fourth-order valence-corrected chi connectivity index (χ4v) is 2.86. The van der Waals surface area contributed by atoms with Crippen molar-refractivity contribution in [1.29, 1.82) is 0 Å². The molecule has 0 spiro atoms. The van der Waals surface area contributed by atoms with Gasteiger partial charge in [-0.1, -0.05) is 17.7 Å². The summed E-state index contributed by atoms with van der Waals surface area (Å²) in [5, 5.41) is 9.39. The van der Waals surface area contributed by atoms with Gasteiger partial charge in [0.05, 0.1) is 18.6 Å². The van der Waals surface area contributed by atoms with Crippen LogP contribution in [-0.4, -0.2) is 30.8 Å². The Morgan fingerprint density at radius 2 is 2.08 bits per heavy atom. The lowest BCUT2D eigenvalue weighted by Crippen LogP contribution is -2.04. The number of allylic oxidation sites excluding steroid dienone is 1. The molecule has 0 aliphatic carbocycles. The number of ketones is 1. The summed E-state index contributed by atoms with van der Waals surface area (Å²) in [6, 6.07) is 8.08. The van der Waals surface area contributed by atoms with Crippen LogP contribution in [-0.2, 0) is 11.2 Å². The molecule has 0 atom stereocenters. The third-order valence-electron chi connectivity index (χ3n) is 3.78. The van der Waals surface area contributed by atoms with Crippen molar-refractivity contribution in [2.75, 3.05) is 13.9 Å². The summed E-state index contributed by atoms with van der Waals surface area (Å²) in [6.45, 7) is 0.110. The van der Waals surface area contributed by atoms with Gasteiger partial charge in [-0.2, -0.15) is 0 Å². The molecule has 0 bridgehead atoms. The van der Waals surface area contributed by atoms with E-state index in [0.717, 1.165) is 0 Å². The molecule has 0 radical (unpaired) electrons. The van der Waals surface area contributed by atoms with E-state index in [1.54, 1.807) is 30.3 Å². The minimum absolute atomic E-state index is 0.110. The zero-order valence-corrected chi connectivity index (χ0v) is 14.6. The molecule has 0 amide bonds. The van der Waals surface area contributed by atoms with Gasteiger partial charge in [-0.3, -0.25) is 9.59 Å².